The van der Waals surface area contributed by atoms with E-state index in [0.29, 0.717) is 12.0 Å². The Balaban J connectivity index is 1.53. The molecule has 0 bridgehead atoms. The molecule has 2 fully saturated rings. The van der Waals surface area contributed by atoms with Crippen molar-refractivity contribution in [3.63, 3.8) is 0 Å². The van der Waals surface area contributed by atoms with E-state index in [9.17, 15) is 4.79 Å². The second-order valence-corrected chi connectivity index (χ2v) is 5.87. The van der Waals surface area contributed by atoms with Gasteiger partial charge in [0, 0.05) is 11.6 Å². The molecule has 1 aromatic rings. The van der Waals surface area contributed by atoms with Gasteiger partial charge >= 0.3 is 0 Å². The van der Waals surface area contributed by atoms with Gasteiger partial charge in [0.05, 0.1) is 18.6 Å². The molecule has 98 valence electrons. The number of aromatic nitrogens is 2. The Morgan fingerprint density at radius 2 is 2.28 bits per heavy atom. The van der Waals surface area contributed by atoms with E-state index in [2.05, 4.69) is 15.3 Å². The average Bonchev–Trinajstić information content (AvgIpc) is 2.90. The van der Waals surface area contributed by atoms with E-state index in [-0.39, 0.29) is 11.8 Å². The first-order valence-electron chi connectivity index (χ1n) is 6.98. The zero-order valence-electron chi connectivity index (χ0n) is 11.0. The number of rotatable bonds is 3. The van der Waals surface area contributed by atoms with Gasteiger partial charge in [0.25, 0.3) is 0 Å². The number of carbonyl (C=O) groups is 1. The van der Waals surface area contributed by atoms with Gasteiger partial charge in [-0.1, -0.05) is 19.3 Å². The van der Waals surface area contributed by atoms with Crippen molar-refractivity contribution in [3.8, 4) is 0 Å². The summed E-state index contributed by atoms with van der Waals surface area (Å²) in [6.45, 7) is 2.54. The molecule has 0 aromatic carbocycles. The molecule has 1 aromatic heterocycles. The molecule has 1 heterocycles. The molecular weight excluding hydrogens is 226 g/mol. The fourth-order valence-electron chi connectivity index (χ4n) is 3.39. The Bertz CT molecular complexity index is 446. The lowest BCUT2D eigenvalue weighted by atomic mass is 9.84. The van der Waals surface area contributed by atoms with E-state index >= 15 is 0 Å². The number of aryl methyl sites for hydroxylation is 1. The number of H-pyrrole nitrogens is 1. The largest absolute Gasteiger partial charge is 0.350 e. The maximum atomic E-state index is 12.1. The van der Waals surface area contributed by atoms with E-state index in [1.807, 2.05) is 6.92 Å². The molecule has 3 rings (SSSR count). The minimum atomic E-state index is 0.235. The number of nitrogens with zero attached hydrogens (tertiary/aromatic N) is 1. The van der Waals surface area contributed by atoms with Crippen LogP contribution in [0.2, 0.25) is 0 Å². The van der Waals surface area contributed by atoms with Gasteiger partial charge < -0.3 is 10.3 Å². The molecule has 2 aliphatic rings. The molecule has 2 aliphatic carbocycles. The lowest BCUT2D eigenvalue weighted by Crippen LogP contribution is -2.28. The van der Waals surface area contributed by atoms with Crippen LogP contribution in [0.5, 0.6) is 0 Å². The van der Waals surface area contributed by atoms with Gasteiger partial charge in [-0.3, -0.25) is 4.79 Å². The topological polar surface area (TPSA) is 57.8 Å². The quantitative estimate of drug-likeness (QED) is 0.861. The molecule has 2 saturated carbocycles. The zero-order chi connectivity index (χ0) is 12.6. The first kappa shape index (κ1) is 11.8. The maximum Gasteiger partial charge on any atom is 0.224 e. The van der Waals surface area contributed by atoms with Crippen molar-refractivity contribution in [2.45, 2.75) is 52.0 Å². The van der Waals surface area contributed by atoms with Gasteiger partial charge in [0.15, 0.2) is 0 Å². The van der Waals surface area contributed by atoms with Gasteiger partial charge in [0.1, 0.15) is 0 Å². The molecule has 2 N–H and O–H groups in total. The fourth-order valence-corrected chi connectivity index (χ4v) is 3.39. The lowest BCUT2D eigenvalue weighted by Gasteiger charge is -2.22. The summed E-state index contributed by atoms with van der Waals surface area (Å²) in [6, 6.07) is 0. The van der Waals surface area contributed by atoms with Crippen molar-refractivity contribution in [1.82, 2.24) is 15.3 Å². The molecule has 18 heavy (non-hydrogen) atoms. The number of carbonyl (C=O) groups excluding carboxylic acids is 1. The van der Waals surface area contributed by atoms with Gasteiger partial charge in [0.2, 0.25) is 5.91 Å². The van der Waals surface area contributed by atoms with E-state index < -0.39 is 0 Å². The number of hydrogen-bond acceptors (Lipinski definition) is 2. The minimum absolute atomic E-state index is 0.235. The van der Waals surface area contributed by atoms with Crippen LogP contribution in [0.4, 0.5) is 0 Å². The molecule has 0 aliphatic heterocycles. The summed E-state index contributed by atoms with van der Waals surface area (Å²) in [5, 5.41) is 3.04. The monoisotopic (exact) mass is 247 g/mol. The average molecular weight is 247 g/mol. The third-order valence-corrected chi connectivity index (χ3v) is 4.72. The summed E-state index contributed by atoms with van der Waals surface area (Å²) in [7, 11) is 0. The summed E-state index contributed by atoms with van der Waals surface area (Å²) in [5.74, 6) is 0.511. The summed E-state index contributed by atoms with van der Waals surface area (Å²) in [6.07, 6.45) is 9.26. The summed E-state index contributed by atoms with van der Waals surface area (Å²) >= 11 is 0. The molecular formula is C14H21N3O. The van der Waals surface area contributed by atoms with E-state index in [1.165, 1.54) is 32.1 Å². The second-order valence-electron chi connectivity index (χ2n) is 5.87. The van der Waals surface area contributed by atoms with Crippen LogP contribution in [0.25, 0.3) is 0 Å². The van der Waals surface area contributed by atoms with Crippen molar-refractivity contribution in [3.05, 3.63) is 17.7 Å². The number of amides is 1. The van der Waals surface area contributed by atoms with E-state index in [1.54, 1.807) is 6.33 Å². The first-order valence-corrected chi connectivity index (χ1v) is 6.98. The summed E-state index contributed by atoms with van der Waals surface area (Å²) in [5.41, 5.74) is 2.36. The van der Waals surface area contributed by atoms with Crippen LogP contribution in [-0.2, 0) is 11.3 Å². The number of hydrogen-bond donors (Lipinski definition) is 2. The Morgan fingerprint density at radius 1 is 1.50 bits per heavy atom. The van der Waals surface area contributed by atoms with Crippen LogP contribution in [0, 0.1) is 18.3 Å². The highest BCUT2D eigenvalue weighted by molar-refractivity contribution is 5.82. The molecule has 1 atom stereocenters. The predicted molar refractivity (Wildman–Crippen MR) is 68.8 cm³/mol. The van der Waals surface area contributed by atoms with Crippen molar-refractivity contribution in [2.24, 2.45) is 11.3 Å². The van der Waals surface area contributed by atoms with Gasteiger partial charge in [-0.2, -0.15) is 0 Å². The summed E-state index contributed by atoms with van der Waals surface area (Å²) in [4.78, 5) is 19.4. The Kier molecular flexibility index (Phi) is 2.88. The van der Waals surface area contributed by atoms with Gasteiger partial charge in [-0.05, 0) is 31.6 Å². The number of aromatic amines is 1. The first-order chi connectivity index (χ1) is 8.71. The summed E-state index contributed by atoms with van der Waals surface area (Å²) < 4.78 is 0. The standard InChI is InChI=1S/C14H21N3O/c1-10-12(17-9-16-10)8-15-13(18)11-7-14(11)5-3-2-4-6-14/h9,11H,2-8H2,1H3,(H,15,18)(H,16,17). The van der Waals surface area contributed by atoms with Crippen LogP contribution in [0.15, 0.2) is 6.33 Å². The SMILES string of the molecule is Cc1[nH]cnc1CNC(=O)C1CC12CCCCC2. The second kappa shape index (κ2) is 4.41. The van der Waals surface area contributed by atoms with Crippen LogP contribution < -0.4 is 5.32 Å². The molecule has 4 heteroatoms. The number of imidazole rings is 1. The Morgan fingerprint density at radius 3 is 2.94 bits per heavy atom. The van der Waals surface area contributed by atoms with Gasteiger partial charge in [-0.15, -0.1) is 0 Å². The third kappa shape index (κ3) is 2.04. The fraction of sp³-hybridized carbons (Fsp3) is 0.714. The van der Waals surface area contributed by atoms with Crippen molar-refractivity contribution < 1.29 is 4.79 Å². The lowest BCUT2D eigenvalue weighted by molar-refractivity contribution is -0.123. The Labute approximate surface area is 108 Å². The van der Waals surface area contributed by atoms with Crippen molar-refractivity contribution in [2.75, 3.05) is 0 Å². The van der Waals surface area contributed by atoms with E-state index in [0.717, 1.165) is 17.8 Å². The maximum absolute atomic E-state index is 12.1. The van der Waals surface area contributed by atoms with Crippen LogP contribution in [0.3, 0.4) is 0 Å². The smallest absolute Gasteiger partial charge is 0.224 e. The molecule has 1 spiro atoms. The predicted octanol–water partition coefficient (Wildman–Crippen LogP) is 2.30. The van der Waals surface area contributed by atoms with Crippen LogP contribution in [0.1, 0.15) is 49.9 Å². The van der Waals surface area contributed by atoms with Crippen LogP contribution >= 0.6 is 0 Å². The normalized spacial score (nSPS) is 25.1. The van der Waals surface area contributed by atoms with Crippen molar-refractivity contribution >= 4 is 5.91 Å². The molecule has 1 amide bonds. The van der Waals surface area contributed by atoms with Gasteiger partial charge in [-0.25, -0.2) is 4.98 Å². The zero-order valence-corrected chi connectivity index (χ0v) is 11.0. The minimum Gasteiger partial charge on any atom is -0.350 e. The highest BCUT2D eigenvalue weighted by atomic mass is 16.2. The molecule has 1 unspecified atom stereocenters. The highest BCUT2D eigenvalue weighted by Crippen LogP contribution is 2.61. The molecule has 0 saturated heterocycles. The Hall–Kier alpha value is -1.32. The molecule has 0 radical (unpaired) electrons. The molecule has 4 nitrogen and oxygen atoms in total. The number of nitrogens with one attached hydrogen (secondary N) is 2. The van der Waals surface area contributed by atoms with Crippen LogP contribution in [-0.4, -0.2) is 15.9 Å². The van der Waals surface area contributed by atoms with Crippen molar-refractivity contribution in [1.29, 1.82) is 0 Å². The third-order valence-electron chi connectivity index (χ3n) is 4.72. The highest BCUT2D eigenvalue weighted by Gasteiger charge is 2.57. The van der Waals surface area contributed by atoms with E-state index in [4.69, 9.17) is 0 Å².